The molecule has 0 saturated carbocycles. The van der Waals surface area contributed by atoms with E-state index in [0.29, 0.717) is 5.92 Å². The summed E-state index contributed by atoms with van der Waals surface area (Å²) < 4.78 is 0. The van der Waals surface area contributed by atoms with Crippen LogP contribution in [0.5, 0.6) is 0 Å². The van der Waals surface area contributed by atoms with Gasteiger partial charge in [0.2, 0.25) is 0 Å². The first-order valence-electron chi connectivity index (χ1n) is 3.74. The Morgan fingerprint density at radius 1 is 1.60 bits per heavy atom. The maximum absolute atomic E-state index is 8.76. The topological polar surface area (TPSA) is 20.2 Å². The number of rotatable bonds is 2. The minimum atomic E-state index is 0.215. The number of aliphatic hydroxyl groups excluding tert-OH is 1. The molecule has 0 heterocycles. The van der Waals surface area contributed by atoms with Crippen molar-refractivity contribution in [2.24, 2.45) is 5.92 Å². The Morgan fingerprint density at radius 2 is 2.30 bits per heavy atom. The van der Waals surface area contributed by atoms with E-state index in [-0.39, 0.29) is 6.61 Å². The smallest absolute Gasteiger partial charge is 0.0647 e. The van der Waals surface area contributed by atoms with Gasteiger partial charge in [-0.1, -0.05) is 26.0 Å². The molecule has 56 valence electrons. The van der Waals surface area contributed by atoms with Crippen molar-refractivity contribution in [1.82, 2.24) is 0 Å². The van der Waals surface area contributed by atoms with Crippen LogP contribution in [0.2, 0.25) is 0 Å². The van der Waals surface area contributed by atoms with Crippen LogP contribution in [0, 0.1) is 5.92 Å². The lowest BCUT2D eigenvalue weighted by Crippen LogP contribution is -1.87. The summed E-state index contributed by atoms with van der Waals surface area (Å²) in [7, 11) is 0. The number of aliphatic hydroxyl groups is 1. The molecule has 0 fully saturated rings. The van der Waals surface area contributed by atoms with Gasteiger partial charge in [-0.05, 0) is 23.5 Å². The third-order valence-corrected chi connectivity index (χ3v) is 1.84. The maximum Gasteiger partial charge on any atom is 0.0647 e. The Bertz CT molecular complexity index is 175. The van der Waals surface area contributed by atoms with Gasteiger partial charge in [-0.15, -0.1) is 0 Å². The van der Waals surface area contributed by atoms with Gasteiger partial charge in [0.05, 0.1) is 6.61 Å². The van der Waals surface area contributed by atoms with Gasteiger partial charge >= 0.3 is 0 Å². The van der Waals surface area contributed by atoms with Crippen LogP contribution in [0.3, 0.4) is 0 Å². The summed E-state index contributed by atoms with van der Waals surface area (Å²) in [5.74, 6) is 0.601. The first kappa shape index (κ1) is 7.55. The predicted molar refractivity (Wildman–Crippen MR) is 42.7 cm³/mol. The van der Waals surface area contributed by atoms with Crippen LogP contribution in [0.1, 0.15) is 20.3 Å². The predicted octanol–water partition coefficient (Wildman–Crippen LogP) is 1.89. The van der Waals surface area contributed by atoms with E-state index >= 15 is 0 Å². The zero-order valence-corrected chi connectivity index (χ0v) is 6.59. The van der Waals surface area contributed by atoms with Gasteiger partial charge in [0, 0.05) is 0 Å². The molecule has 1 nitrogen and oxygen atoms in total. The molecule has 0 saturated heterocycles. The van der Waals surface area contributed by atoms with E-state index in [2.05, 4.69) is 26.0 Å². The van der Waals surface area contributed by atoms with E-state index in [0.717, 1.165) is 12.0 Å². The molecule has 0 aromatic rings. The molecule has 0 unspecified atom stereocenters. The molecule has 10 heavy (non-hydrogen) atoms. The highest BCUT2D eigenvalue weighted by Gasteiger charge is 2.07. The number of hydrogen-bond donors (Lipinski definition) is 1. The van der Waals surface area contributed by atoms with Crippen LogP contribution in [-0.4, -0.2) is 11.7 Å². The lowest BCUT2D eigenvalue weighted by Gasteiger charge is -2.00. The largest absolute Gasteiger partial charge is 0.392 e. The second-order valence-electron chi connectivity index (χ2n) is 3.02. The van der Waals surface area contributed by atoms with E-state index in [1.165, 1.54) is 5.57 Å². The molecule has 0 aromatic carbocycles. The van der Waals surface area contributed by atoms with Crippen LogP contribution in [0.15, 0.2) is 23.3 Å². The van der Waals surface area contributed by atoms with Gasteiger partial charge in [0.25, 0.3) is 0 Å². The molecule has 0 bridgehead atoms. The molecule has 1 rings (SSSR count). The highest BCUT2D eigenvalue weighted by Crippen LogP contribution is 2.22. The lowest BCUT2D eigenvalue weighted by molar-refractivity contribution is 0.329. The molecule has 0 spiro atoms. The van der Waals surface area contributed by atoms with E-state index in [1.54, 1.807) is 0 Å². The van der Waals surface area contributed by atoms with Crippen LogP contribution < -0.4 is 0 Å². The fraction of sp³-hybridized carbons (Fsp3) is 0.556. The first-order valence-corrected chi connectivity index (χ1v) is 3.74. The molecule has 1 heteroatoms. The Hall–Kier alpha value is -0.560. The molecule has 0 aliphatic heterocycles. The van der Waals surface area contributed by atoms with Crippen molar-refractivity contribution in [3.8, 4) is 0 Å². The number of allylic oxidation sites excluding steroid dienone is 3. The summed E-state index contributed by atoms with van der Waals surface area (Å²) >= 11 is 0. The zero-order valence-electron chi connectivity index (χ0n) is 6.59. The summed E-state index contributed by atoms with van der Waals surface area (Å²) in [6.45, 7) is 4.55. The second kappa shape index (κ2) is 3.02. The van der Waals surface area contributed by atoms with E-state index in [4.69, 9.17) is 5.11 Å². The average molecular weight is 138 g/mol. The van der Waals surface area contributed by atoms with Gasteiger partial charge < -0.3 is 5.11 Å². The highest BCUT2D eigenvalue weighted by atomic mass is 16.3. The molecule has 0 atom stereocenters. The van der Waals surface area contributed by atoms with E-state index in [9.17, 15) is 0 Å². The fourth-order valence-corrected chi connectivity index (χ4v) is 1.12. The number of hydrogen-bond acceptors (Lipinski definition) is 1. The normalized spacial score (nSPS) is 17.6. The molecular weight excluding hydrogens is 124 g/mol. The summed E-state index contributed by atoms with van der Waals surface area (Å²) in [6, 6.07) is 0. The molecule has 0 aromatic heterocycles. The second-order valence-corrected chi connectivity index (χ2v) is 3.02. The van der Waals surface area contributed by atoms with Crippen molar-refractivity contribution >= 4 is 0 Å². The van der Waals surface area contributed by atoms with Crippen LogP contribution in [0.4, 0.5) is 0 Å². The van der Waals surface area contributed by atoms with E-state index < -0.39 is 0 Å². The van der Waals surface area contributed by atoms with Crippen molar-refractivity contribution in [2.75, 3.05) is 6.61 Å². The molecule has 0 amide bonds. The quantitative estimate of drug-likeness (QED) is 0.617. The van der Waals surface area contributed by atoms with Crippen molar-refractivity contribution in [2.45, 2.75) is 20.3 Å². The third kappa shape index (κ3) is 1.48. The molecule has 1 N–H and O–H groups in total. The Kier molecular flexibility index (Phi) is 2.28. The Morgan fingerprint density at radius 3 is 2.60 bits per heavy atom. The van der Waals surface area contributed by atoms with Gasteiger partial charge in [-0.25, -0.2) is 0 Å². The minimum absolute atomic E-state index is 0.215. The Balaban J connectivity index is 2.59. The van der Waals surface area contributed by atoms with Gasteiger partial charge in [0.15, 0.2) is 0 Å². The van der Waals surface area contributed by atoms with Crippen molar-refractivity contribution in [3.05, 3.63) is 23.3 Å². The standard InChI is InChI=1S/C9H14O/c1-7(2)9-4-3-8(5-9)6-10/h4-5,7,10H,3,6H2,1-2H3. The summed E-state index contributed by atoms with van der Waals surface area (Å²) in [4.78, 5) is 0. The van der Waals surface area contributed by atoms with Gasteiger partial charge in [-0.2, -0.15) is 0 Å². The summed E-state index contributed by atoms with van der Waals surface area (Å²) in [6.07, 6.45) is 5.24. The SMILES string of the molecule is CC(C)C1=CCC(CO)=C1. The minimum Gasteiger partial charge on any atom is -0.392 e. The lowest BCUT2D eigenvalue weighted by atomic mass is 10.1. The zero-order chi connectivity index (χ0) is 7.56. The van der Waals surface area contributed by atoms with Gasteiger partial charge in [0.1, 0.15) is 0 Å². The van der Waals surface area contributed by atoms with Crippen LogP contribution >= 0.6 is 0 Å². The first-order chi connectivity index (χ1) is 4.74. The molecule has 1 aliphatic carbocycles. The Labute approximate surface area is 62.1 Å². The summed E-state index contributed by atoms with van der Waals surface area (Å²) in [5, 5.41) is 8.76. The van der Waals surface area contributed by atoms with E-state index in [1.807, 2.05) is 0 Å². The molecule has 0 radical (unpaired) electrons. The summed E-state index contributed by atoms with van der Waals surface area (Å²) in [5.41, 5.74) is 2.51. The molecule has 1 aliphatic rings. The third-order valence-electron chi connectivity index (χ3n) is 1.84. The van der Waals surface area contributed by atoms with Crippen molar-refractivity contribution < 1.29 is 5.11 Å². The maximum atomic E-state index is 8.76. The van der Waals surface area contributed by atoms with Gasteiger partial charge in [-0.3, -0.25) is 0 Å². The van der Waals surface area contributed by atoms with Crippen molar-refractivity contribution in [3.63, 3.8) is 0 Å². The van der Waals surface area contributed by atoms with Crippen LogP contribution in [0.25, 0.3) is 0 Å². The molecular formula is C9H14O. The monoisotopic (exact) mass is 138 g/mol. The fourth-order valence-electron chi connectivity index (χ4n) is 1.12. The average Bonchev–Trinajstić information content (AvgIpc) is 2.34. The van der Waals surface area contributed by atoms with Crippen molar-refractivity contribution in [1.29, 1.82) is 0 Å². The highest BCUT2D eigenvalue weighted by molar-refractivity contribution is 5.33. The van der Waals surface area contributed by atoms with Crippen LogP contribution in [-0.2, 0) is 0 Å².